The number of sulfonamides is 1. The molecule has 4 aromatic rings. The van der Waals surface area contributed by atoms with Crippen LogP contribution >= 0.6 is 11.8 Å². The fraction of sp³-hybridized carbons (Fsp3) is 0.492. The Hall–Kier alpha value is -6.57. The zero-order valence-electron chi connectivity index (χ0n) is 50.9. The van der Waals surface area contributed by atoms with E-state index >= 15 is 0 Å². The lowest BCUT2D eigenvalue weighted by Crippen LogP contribution is -2.54. The van der Waals surface area contributed by atoms with E-state index < -0.39 is 82.5 Å². The number of nitrogens with one attached hydrogen (secondary N) is 5. The molecule has 4 heterocycles. The van der Waals surface area contributed by atoms with E-state index in [0.29, 0.717) is 37.0 Å². The summed E-state index contributed by atoms with van der Waals surface area (Å²) in [5.41, 5.74) is 0.199. The van der Waals surface area contributed by atoms with Crippen molar-refractivity contribution >= 4 is 78.2 Å². The smallest absolute Gasteiger partial charge is 0.384 e. The van der Waals surface area contributed by atoms with Crippen LogP contribution in [-0.2, 0) is 29.4 Å². The van der Waals surface area contributed by atoms with Crippen LogP contribution in [0.3, 0.4) is 0 Å². The summed E-state index contributed by atoms with van der Waals surface area (Å²) in [5, 5.41) is 12.2. The number of hydrogen-bond acceptors (Lipinski definition) is 16. The molecular weight excluding hydrogens is 1200 g/mol. The van der Waals surface area contributed by atoms with E-state index in [4.69, 9.17) is 0 Å². The number of unbranched alkanes of at least 4 members (excludes halogenated alkanes) is 1. The average molecular weight is 1290 g/mol. The Morgan fingerprint density at radius 2 is 1.53 bits per heavy atom. The monoisotopic (exact) mass is 1290 g/mol. The van der Waals surface area contributed by atoms with Gasteiger partial charge in [-0.3, -0.25) is 39.1 Å². The summed E-state index contributed by atoms with van der Waals surface area (Å²) in [4.78, 5) is 71.1. The molecule has 9 rings (SSSR count). The van der Waals surface area contributed by atoms with Crippen LogP contribution in [0.4, 0.5) is 30.2 Å². The molecule has 89 heavy (non-hydrogen) atoms. The third-order valence-electron chi connectivity index (χ3n) is 17.7. The van der Waals surface area contributed by atoms with E-state index in [9.17, 15) is 54.0 Å². The van der Waals surface area contributed by atoms with Gasteiger partial charge in [0.25, 0.3) is 37.6 Å². The Morgan fingerprint density at radius 3 is 2.22 bits per heavy atom. The number of hydrogen-bond donors (Lipinski definition) is 5. The van der Waals surface area contributed by atoms with Gasteiger partial charge in [0.15, 0.2) is 0 Å². The zero-order chi connectivity index (χ0) is 63.7. The highest BCUT2D eigenvalue weighted by atomic mass is 32.2. The van der Waals surface area contributed by atoms with E-state index in [-0.39, 0.29) is 41.0 Å². The number of piperidine rings is 2. The van der Waals surface area contributed by atoms with Crippen molar-refractivity contribution in [3.8, 4) is 0 Å². The summed E-state index contributed by atoms with van der Waals surface area (Å²) in [7, 11) is -11.0. The molecule has 480 valence electrons. The lowest BCUT2D eigenvalue weighted by atomic mass is 9.73. The van der Waals surface area contributed by atoms with Crippen molar-refractivity contribution in [2.24, 2.45) is 5.41 Å². The van der Waals surface area contributed by atoms with Gasteiger partial charge < -0.3 is 25.8 Å². The molecule has 1 aliphatic carbocycles. The van der Waals surface area contributed by atoms with Gasteiger partial charge in [0, 0.05) is 91.9 Å². The normalized spacial score (nSPS) is 19.3. The number of benzene rings is 4. The maximum atomic E-state index is 14.5. The van der Waals surface area contributed by atoms with Crippen molar-refractivity contribution in [1.29, 1.82) is 0 Å². The molecule has 18 nitrogen and oxygen atoms in total. The second-order valence-electron chi connectivity index (χ2n) is 24.6. The Kier molecular flexibility index (Phi) is 21.9. The minimum atomic E-state index is -6.13. The number of rotatable bonds is 27. The predicted molar refractivity (Wildman–Crippen MR) is 340 cm³/mol. The number of alkyl halides is 3. The van der Waals surface area contributed by atoms with Crippen LogP contribution in [0.1, 0.15) is 135 Å². The van der Waals surface area contributed by atoms with E-state index in [2.05, 4.69) is 63.3 Å². The number of sulfone groups is 1. The van der Waals surface area contributed by atoms with Gasteiger partial charge in [0.1, 0.15) is 10.9 Å². The standard InChI is InChI=1S/C65H82F3N9O9S3/c1-5-44(2)16-17-46-41-64(3,4)30-26-47(46)42-75-36-38-76(39-37-75)50-20-18-45(19-21-50)60(79)73-89(85,86)52-22-23-54(57(40-52)88(83,84)65(66,67)68)71-49(43-87-51-12-7-6-8-13-51)29-35-74-33-27-48(28-34-74)69-31-9-10-32-70-55-15-11-14-53-59(55)63(82)77(62(53)81)56-24-25-58(78)72-61(56)80/h6-8,11-15,18-23,40,48-49,56,69-71H,2,5,9-10,16-17,24-39,41-43H2,1,3-4H3,(H,73,79)(H,72,78,80)/t49-,56?/m1/s1. The highest BCUT2D eigenvalue weighted by Crippen LogP contribution is 2.42. The Labute approximate surface area is 525 Å². The molecule has 5 aliphatic rings. The van der Waals surface area contributed by atoms with Gasteiger partial charge in [0.2, 0.25) is 11.8 Å². The van der Waals surface area contributed by atoms with Crippen LogP contribution in [-0.4, -0.2) is 156 Å². The first-order valence-corrected chi connectivity index (χ1v) is 34.8. The number of amides is 5. The number of likely N-dealkylation sites (tertiary alicyclic amines) is 1. The van der Waals surface area contributed by atoms with Gasteiger partial charge in [-0.05, 0) is 169 Å². The number of nitrogens with zero attached hydrogens (tertiary/aromatic N) is 4. The van der Waals surface area contributed by atoms with Gasteiger partial charge in [-0.15, -0.1) is 11.8 Å². The number of allylic oxidation sites excluding steroid dienone is 2. The summed E-state index contributed by atoms with van der Waals surface area (Å²) in [5.74, 6) is -2.97. The second-order valence-corrected chi connectivity index (χ2v) is 29.3. The van der Waals surface area contributed by atoms with Crippen LogP contribution in [0.25, 0.3) is 0 Å². The highest BCUT2D eigenvalue weighted by molar-refractivity contribution is 7.99. The Bertz CT molecular complexity index is 3520. The van der Waals surface area contributed by atoms with E-state index in [1.165, 1.54) is 29.5 Å². The van der Waals surface area contributed by atoms with Crippen molar-refractivity contribution < 1.29 is 54.0 Å². The largest absolute Gasteiger partial charge is 0.501 e. The molecule has 0 saturated carbocycles. The minimum Gasteiger partial charge on any atom is -0.384 e. The zero-order valence-corrected chi connectivity index (χ0v) is 53.3. The first-order chi connectivity index (χ1) is 42.4. The van der Waals surface area contributed by atoms with Gasteiger partial charge in [0.05, 0.1) is 21.7 Å². The summed E-state index contributed by atoms with van der Waals surface area (Å²) in [6.45, 7) is 18.4. The van der Waals surface area contributed by atoms with Crippen molar-refractivity contribution in [3.63, 3.8) is 0 Å². The van der Waals surface area contributed by atoms with Crippen molar-refractivity contribution in [2.45, 2.75) is 143 Å². The summed E-state index contributed by atoms with van der Waals surface area (Å²) >= 11 is 1.44. The summed E-state index contributed by atoms with van der Waals surface area (Å²) in [6, 6.07) is 21.8. The van der Waals surface area contributed by atoms with Gasteiger partial charge >= 0.3 is 5.51 Å². The molecule has 0 spiro atoms. The first kappa shape index (κ1) is 66.8. The number of thioether (sulfide) groups is 1. The van der Waals surface area contributed by atoms with Crippen molar-refractivity contribution in [3.05, 3.63) is 131 Å². The fourth-order valence-electron chi connectivity index (χ4n) is 12.3. The number of fused-ring (bicyclic) bond motifs is 1. The summed E-state index contributed by atoms with van der Waals surface area (Å²) < 4.78 is 99.8. The topological polar surface area (TPSA) is 227 Å². The number of imide groups is 2. The molecule has 5 N–H and O–H groups in total. The Morgan fingerprint density at radius 1 is 0.809 bits per heavy atom. The lowest BCUT2D eigenvalue weighted by molar-refractivity contribution is -0.136. The van der Waals surface area contributed by atoms with Crippen molar-refractivity contribution in [1.82, 2.24) is 30.1 Å². The number of anilines is 3. The van der Waals surface area contributed by atoms with Crippen LogP contribution in [0.15, 0.2) is 129 Å². The third kappa shape index (κ3) is 16.9. The average Bonchev–Trinajstić information content (AvgIpc) is 2.17. The Balaban J connectivity index is 0.769. The molecule has 0 radical (unpaired) electrons. The summed E-state index contributed by atoms with van der Waals surface area (Å²) in [6.07, 6.45) is 10.1. The molecule has 1 unspecified atom stereocenters. The number of halogens is 3. The molecule has 0 bridgehead atoms. The molecule has 0 aromatic heterocycles. The molecule has 24 heteroatoms. The number of piperazine rings is 1. The first-order valence-electron chi connectivity index (χ1n) is 30.8. The van der Waals surface area contributed by atoms with E-state index in [1.54, 1.807) is 41.5 Å². The molecule has 3 fully saturated rings. The predicted octanol–water partition coefficient (Wildman–Crippen LogP) is 9.78. The quantitative estimate of drug-likeness (QED) is 0.0162. The van der Waals surface area contributed by atoms with Crippen molar-refractivity contribution in [2.75, 3.05) is 86.7 Å². The second kappa shape index (κ2) is 29.1. The van der Waals surface area contributed by atoms with Crippen LogP contribution in [0.2, 0.25) is 0 Å². The lowest BCUT2D eigenvalue weighted by Gasteiger charge is -2.39. The minimum absolute atomic E-state index is 0.0127. The SMILES string of the molecule is C=C(CC)CCC1=C(CN2CCN(c3ccc(C(=O)NS(=O)(=O)c4ccc(N[C@H](CCN5CCC(NCCCCNc6cccc7c6C(=O)N(C6CCC(=O)NC6=O)C7=O)CC5)CSc5ccccc5)c(S(=O)(=O)C(F)(F)F)c4)cc3)CC2)CCC(C)(C)C1. The van der Waals surface area contributed by atoms with Gasteiger partial charge in [-0.25, -0.2) is 21.6 Å². The number of carbonyl (C=O) groups is 5. The molecule has 4 aromatic carbocycles. The fourth-order valence-corrected chi connectivity index (χ4v) is 15.3. The highest BCUT2D eigenvalue weighted by Gasteiger charge is 2.49. The van der Waals surface area contributed by atoms with Crippen LogP contribution in [0.5, 0.6) is 0 Å². The molecule has 2 atom stereocenters. The third-order valence-corrected chi connectivity index (χ3v) is 21.7. The molecular formula is C65H82F3N9O9S3. The van der Waals surface area contributed by atoms with Gasteiger partial charge in [-0.2, -0.15) is 13.2 Å². The molecule has 5 amide bonds. The maximum Gasteiger partial charge on any atom is 0.501 e. The van der Waals surface area contributed by atoms with Crippen LogP contribution in [0, 0.1) is 5.41 Å². The van der Waals surface area contributed by atoms with Crippen LogP contribution < -0.4 is 30.9 Å². The van der Waals surface area contributed by atoms with E-state index in [0.717, 1.165) is 144 Å². The maximum absolute atomic E-state index is 14.5. The van der Waals surface area contributed by atoms with Gasteiger partial charge in [-0.1, -0.05) is 68.3 Å². The van der Waals surface area contributed by atoms with E-state index in [1.807, 2.05) is 35.1 Å². The molecule has 4 aliphatic heterocycles. The molecule has 3 saturated heterocycles. The number of carbonyl (C=O) groups excluding carboxylic acids is 5.